The zero-order chi connectivity index (χ0) is 25.5. The molecular formula is C30H40N2O4. The molecule has 2 amide bonds. The number of hydrogen-bond donors (Lipinski definition) is 0. The van der Waals surface area contributed by atoms with E-state index in [2.05, 4.69) is 12.1 Å². The number of amides is 2. The van der Waals surface area contributed by atoms with Gasteiger partial charge in [0, 0.05) is 20.1 Å². The molecule has 194 valence electrons. The van der Waals surface area contributed by atoms with Crippen molar-refractivity contribution in [1.29, 1.82) is 0 Å². The molecule has 2 aliphatic heterocycles. The standard InChI is InChI=1S/C30H40N2O4/c1-23-21-24(12-13-26(23)35-3)22-28(33)32-17-15-30(16-18-32)14-8-4-5-9-25-10-6-7-11-27(25)36-20-19-31(2)29(30)34/h6-7,10-13,21H,4-5,8-9,14-20,22H2,1-3H3. The van der Waals surface area contributed by atoms with Gasteiger partial charge in [-0.05, 0) is 67.9 Å². The molecule has 0 unspecified atom stereocenters. The van der Waals surface area contributed by atoms with Crippen LogP contribution in [-0.4, -0.2) is 62.0 Å². The molecule has 2 aromatic rings. The van der Waals surface area contributed by atoms with Crippen LogP contribution in [0.2, 0.25) is 0 Å². The van der Waals surface area contributed by atoms with Crippen LogP contribution in [0, 0.1) is 12.3 Å². The molecule has 36 heavy (non-hydrogen) atoms. The number of nitrogens with zero attached hydrogens (tertiary/aromatic N) is 2. The number of benzene rings is 2. The zero-order valence-electron chi connectivity index (χ0n) is 22.1. The van der Waals surface area contributed by atoms with Gasteiger partial charge in [0.05, 0.1) is 25.5 Å². The lowest BCUT2D eigenvalue weighted by Crippen LogP contribution is -2.51. The molecule has 1 saturated heterocycles. The fourth-order valence-electron chi connectivity index (χ4n) is 5.70. The molecule has 0 N–H and O–H groups in total. The quantitative estimate of drug-likeness (QED) is 0.617. The number of para-hydroxylation sites is 1. The molecule has 0 saturated carbocycles. The summed E-state index contributed by atoms with van der Waals surface area (Å²) in [6, 6.07) is 14.2. The molecule has 4 rings (SSSR count). The fraction of sp³-hybridized carbons (Fsp3) is 0.533. The number of carbonyl (C=O) groups excluding carboxylic acids is 2. The summed E-state index contributed by atoms with van der Waals surface area (Å²) < 4.78 is 11.4. The molecule has 6 nitrogen and oxygen atoms in total. The van der Waals surface area contributed by atoms with Crippen LogP contribution in [0.1, 0.15) is 55.2 Å². The lowest BCUT2D eigenvalue weighted by Gasteiger charge is -2.42. The smallest absolute Gasteiger partial charge is 0.228 e. The van der Waals surface area contributed by atoms with Crippen molar-refractivity contribution in [2.45, 2.75) is 58.3 Å². The Labute approximate surface area is 215 Å². The maximum absolute atomic E-state index is 13.7. The highest BCUT2D eigenvalue weighted by Crippen LogP contribution is 2.39. The van der Waals surface area contributed by atoms with Crippen LogP contribution in [-0.2, 0) is 22.4 Å². The van der Waals surface area contributed by atoms with Crippen molar-refractivity contribution in [3.8, 4) is 11.5 Å². The van der Waals surface area contributed by atoms with Gasteiger partial charge >= 0.3 is 0 Å². The third-order valence-corrected chi connectivity index (χ3v) is 7.95. The van der Waals surface area contributed by atoms with Gasteiger partial charge in [-0.15, -0.1) is 0 Å². The van der Waals surface area contributed by atoms with Gasteiger partial charge in [-0.25, -0.2) is 0 Å². The van der Waals surface area contributed by atoms with Gasteiger partial charge in [0.2, 0.25) is 11.8 Å². The fourth-order valence-corrected chi connectivity index (χ4v) is 5.70. The number of fused-ring (bicyclic) bond motifs is 1. The predicted molar refractivity (Wildman–Crippen MR) is 141 cm³/mol. The molecule has 2 aliphatic rings. The first-order valence-corrected chi connectivity index (χ1v) is 13.3. The van der Waals surface area contributed by atoms with E-state index < -0.39 is 0 Å². The number of carbonyl (C=O) groups is 2. The monoisotopic (exact) mass is 492 g/mol. The first-order chi connectivity index (χ1) is 17.4. The van der Waals surface area contributed by atoms with Crippen molar-refractivity contribution in [2.24, 2.45) is 5.41 Å². The van der Waals surface area contributed by atoms with Gasteiger partial charge in [-0.1, -0.05) is 43.2 Å². The van der Waals surface area contributed by atoms with Crippen LogP contribution < -0.4 is 9.47 Å². The molecule has 2 heterocycles. The summed E-state index contributed by atoms with van der Waals surface area (Å²) in [7, 11) is 3.55. The van der Waals surface area contributed by atoms with Crippen LogP contribution in [0.5, 0.6) is 11.5 Å². The number of aryl methyl sites for hydroxylation is 2. The zero-order valence-corrected chi connectivity index (χ0v) is 22.1. The Morgan fingerprint density at radius 3 is 2.56 bits per heavy atom. The highest BCUT2D eigenvalue weighted by molar-refractivity contribution is 5.84. The molecule has 6 heteroatoms. The van der Waals surface area contributed by atoms with E-state index in [1.54, 1.807) is 7.11 Å². The molecule has 1 fully saturated rings. The maximum Gasteiger partial charge on any atom is 0.228 e. The van der Waals surface area contributed by atoms with Crippen molar-refractivity contribution >= 4 is 11.8 Å². The van der Waals surface area contributed by atoms with Crippen LogP contribution in [0.4, 0.5) is 0 Å². The van der Waals surface area contributed by atoms with Gasteiger partial charge in [0.25, 0.3) is 0 Å². The highest BCUT2D eigenvalue weighted by Gasteiger charge is 2.43. The molecule has 0 radical (unpaired) electrons. The first-order valence-electron chi connectivity index (χ1n) is 13.3. The number of likely N-dealkylation sites (N-methyl/N-ethyl adjacent to an activating group) is 1. The number of ether oxygens (including phenoxy) is 2. The summed E-state index contributed by atoms with van der Waals surface area (Å²) >= 11 is 0. The van der Waals surface area contributed by atoms with E-state index in [0.29, 0.717) is 32.7 Å². The summed E-state index contributed by atoms with van der Waals surface area (Å²) in [5.74, 6) is 2.11. The second-order valence-electron chi connectivity index (χ2n) is 10.4. The largest absolute Gasteiger partial charge is 0.496 e. The minimum atomic E-state index is -0.386. The van der Waals surface area contributed by atoms with E-state index >= 15 is 0 Å². The van der Waals surface area contributed by atoms with Crippen molar-refractivity contribution in [1.82, 2.24) is 9.80 Å². The SMILES string of the molecule is COc1ccc(CC(=O)N2CCC3(CCCCCc4ccccc4OCCN(C)C3=O)CC2)cc1C. The average Bonchev–Trinajstić information content (AvgIpc) is 2.89. The molecule has 0 aromatic heterocycles. The second-order valence-corrected chi connectivity index (χ2v) is 10.4. The number of hydrogen-bond acceptors (Lipinski definition) is 4. The Hall–Kier alpha value is -3.02. The number of rotatable bonds is 3. The van der Waals surface area contributed by atoms with E-state index in [0.717, 1.165) is 67.6 Å². The first kappa shape index (κ1) is 26.1. The average molecular weight is 493 g/mol. The molecule has 1 spiro atoms. The highest BCUT2D eigenvalue weighted by atomic mass is 16.5. The van der Waals surface area contributed by atoms with Crippen LogP contribution in [0.15, 0.2) is 42.5 Å². The van der Waals surface area contributed by atoms with E-state index in [4.69, 9.17) is 9.47 Å². The summed E-state index contributed by atoms with van der Waals surface area (Å²) in [6.45, 7) is 4.31. The molecule has 0 bridgehead atoms. The maximum atomic E-state index is 13.7. The summed E-state index contributed by atoms with van der Waals surface area (Å²) in [5.41, 5.74) is 2.89. The van der Waals surface area contributed by atoms with E-state index in [9.17, 15) is 9.59 Å². The Balaban J connectivity index is 1.39. The van der Waals surface area contributed by atoms with Crippen LogP contribution in [0.3, 0.4) is 0 Å². The van der Waals surface area contributed by atoms with E-state index in [1.165, 1.54) is 5.56 Å². The van der Waals surface area contributed by atoms with Crippen molar-refractivity contribution in [2.75, 3.05) is 40.4 Å². The van der Waals surface area contributed by atoms with E-state index in [1.807, 2.05) is 54.1 Å². The second kappa shape index (κ2) is 11.8. The third-order valence-electron chi connectivity index (χ3n) is 7.95. The Morgan fingerprint density at radius 1 is 1.03 bits per heavy atom. The van der Waals surface area contributed by atoms with Gasteiger partial charge in [0.15, 0.2) is 0 Å². The lowest BCUT2D eigenvalue weighted by molar-refractivity contribution is -0.148. The summed E-state index contributed by atoms with van der Waals surface area (Å²) in [6.07, 6.45) is 6.93. The minimum absolute atomic E-state index is 0.131. The van der Waals surface area contributed by atoms with Crippen LogP contribution in [0.25, 0.3) is 0 Å². The molecular weight excluding hydrogens is 452 g/mol. The molecule has 0 aliphatic carbocycles. The Kier molecular flexibility index (Phi) is 8.55. The number of likely N-dealkylation sites (tertiary alicyclic amines) is 1. The van der Waals surface area contributed by atoms with Gasteiger partial charge in [-0.2, -0.15) is 0 Å². The third kappa shape index (κ3) is 6.03. The Morgan fingerprint density at radius 2 is 1.81 bits per heavy atom. The normalized spacial score (nSPS) is 18.9. The van der Waals surface area contributed by atoms with Gasteiger partial charge in [-0.3, -0.25) is 9.59 Å². The molecule has 2 aromatic carbocycles. The van der Waals surface area contributed by atoms with Crippen LogP contribution >= 0.6 is 0 Å². The minimum Gasteiger partial charge on any atom is -0.496 e. The van der Waals surface area contributed by atoms with Crippen molar-refractivity contribution in [3.05, 3.63) is 59.2 Å². The number of methoxy groups -OCH3 is 1. The lowest BCUT2D eigenvalue weighted by atomic mass is 9.73. The molecule has 0 atom stereocenters. The Bertz CT molecular complexity index is 1060. The van der Waals surface area contributed by atoms with E-state index in [-0.39, 0.29) is 17.2 Å². The van der Waals surface area contributed by atoms with Crippen molar-refractivity contribution in [3.63, 3.8) is 0 Å². The summed E-state index contributed by atoms with van der Waals surface area (Å²) in [5, 5.41) is 0. The van der Waals surface area contributed by atoms with Gasteiger partial charge < -0.3 is 19.3 Å². The predicted octanol–water partition coefficient (Wildman–Crippen LogP) is 4.81. The van der Waals surface area contributed by atoms with Gasteiger partial charge in [0.1, 0.15) is 18.1 Å². The summed E-state index contributed by atoms with van der Waals surface area (Å²) in [4.78, 5) is 30.6. The topological polar surface area (TPSA) is 59.1 Å². The number of piperidine rings is 1. The van der Waals surface area contributed by atoms with Crippen molar-refractivity contribution < 1.29 is 19.1 Å².